The summed E-state index contributed by atoms with van der Waals surface area (Å²) in [6, 6.07) is 16.0. The summed E-state index contributed by atoms with van der Waals surface area (Å²) in [4.78, 5) is 81.3. The number of carbonyl (C=O) groups is 6. The number of esters is 4. The lowest BCUT2D eigenvalue weighted by Gasteiger charge is -2.70. The van der Waals surface area contributed by atoms with Crippen LogP contribution in [0.3, 0.4) is 0 Å². The average Bonchev–Trinajstić information content (AvgIpc) is 3.08. The van der Waals surface area contributed by atoms with Gasteiger partial charge in [-0.25, -0.2) is 9.59 Å². The van der Waals surface area contributed by atoms with Crippen molar-refractivity contribution in [3.05, 3.63) is 84.4 Å². The van der Waals surface area contributed by atoms with Crippen LogP contribution >= 0.6 is 0 Å². The first kappa shape index (κ1) is 39.5. The number of rotatable bonds is 9. The maximum atomic E-state index is 14.7. The van der Waals surface area contributed by atoms with Crippen LogP contribution in [0.5, 0.6) is 0 Å². The number of carbonyl (C=O) groups excluding carboxylic acids is 6. The van der Waals surface area contributed by atoms with Crippen LogP contribution in [0.2, 0.25) is 0 Å². The van der Waals surface area contributed by atoms with Crippen LogP contribution in [0.25, 0.3) is 0 Å². The van der Waals surface area contributed by atoms with Crippen molar-refractivity contribution in [3.8, 4) is 0 Å². The highest BCUT2D eigenvalue weighted by molar-refractivity contribution is 5.98. The number of ketones is 2. The van der Waals surface area contributed by atoms with Gasteiger partial charge in [0, 0.05) is 37.5 Å². The van der Waals surface area contributed by atoms with E-state index >= 15 is 0 Å². The van der Waals surface area contributed by atoms with E-state index in [1.807, 2.05) is 13.8 Å². The molecule has 0 heterocycles. The quantitative estimate of drug-likeness (QED) is 0.211. The first-order valence-electron chi connectivity index (χ1n) is 17.7. The highest BCUT2D eigenvalue weighted by atomic mass is 16.6. The summed E-state index contributed by atoms with van der Waals surface area (Å²) in [5.41, 5.74) is -7.60. The molecular weight excluding hydrogens is 684 g/mol. The number of aliphatic hydroxyl groups is 2. The Bertz CT molecular complexity index is 1780. The Morgan fingerprint density at radius 2 is 1.28 bits per heavy atom. The van der Waals surface area contributed by atoms with E-state index < -0.39 is 99.8 Å². The molecule has 0 amide bonds. The molecule has 5 rings (SSSR count). The Hall–Kier alpha value is -4.68. The van der Waals surface area contributed by atoms with Crippen LogP contribution in [-0.2, 0) is 38.1 Å². The van der Waals surface area contributed by atoms with E-state index in [1.54, 1.807) is 43.3 Å². The molecule has 0 radical (unpaired) electrons. The normalized spacial score (nSPS) is 35.8. The summed E-state index contributed by atoms with van der Waals surface area (Å²) in [5.74, 6) is -9.15. The predicted molar refractivity (Wildman–Crippen MR) is 189 cm³/mol. The fourth-order valence-corrected chi connectivity index (χ4v) is 9.83. The van der Waals surface area contributed by atoms with Crippen molar-refractivity contribution < 1.29 is 57.9 Å². The zero-order valence-corrected chi connectivity index (χ0v) is 31.1. The lowest BCUT2D eigenvalue weighted by molar-refractivity contribution is -0.314. The molecule has 12 heteroatoms. The minimum atomic E-state index is -2.76. The first-order chi connectivity index (χ1) is 24.7. The maximum Gasteiger partial charge on any atom is 0.338 e. The van der Waals surface area contributed by atoms with E-state index in [0.717, 1.165) is 6.92 Å². The van der Waals surface area contributed by atoms with Crippen molar-refractivity contribution in [1.29, 1.82) is 0 Å². The molecule has 11 unspecified atom stereocenters. The molecule has 11 atom stereocenters. The van der Waals surface area contributed by atoms with E-state index in [9.17, 15) is 39.0 Å². The van der Waals surface area contributed by atoms with E-state index in [2.05, 4.69) is 6.58 Å². The van der Waals surface area contributed by atoms with E-state index in [4.69, 9.17) is 18.9 Å². The van der Waals surface area contributed by atoms with Crippen molar-refractivity contribution >= 4 is 35.4 Å². The molecule has 3 saturated carbocycles. The largest absolute Gasteiger partial charge is 0.459 e. The van der Waals surface area contributed by atoms with Gasteiger partial charge >= 0.3 is 23.9 Å². The average molecular weight is 733 g/mol. The van der Waals surface area contributed by atoms with Crippen molar-refractivity contribution in [2.75, 3.05) is 0 Å². The molecule has 2 aromatic rings. The minimum absolute atomic E-state index is 0.112. The van der Waals surface area contributed by atoms with Crippen LogP contribution in [-0.4, -0.2) is 81.3 Å². The summed E-state index contributed by atoms with van der Waals surface area (Å²) in [5, 5.41) is 25.0. The summed E-state index contributed by atoms with van der Waals surface area (Å²) in [7, 11) is 0. The molecular formula is C41H48O12. The molecule has 0 saturated heterocycles. The fraction of sp³-hybridized carbons (Fsp3) is 0.512. The highest BCUT2D eigenvalue weighted by Gasteiger charge is 2.80. The predicted octanol–water partition coefficient (Wildman–Crippen LogP) is 4.45. The monoisotopic (exact) mass is 732 g/mol. The zero-order valence-electron chi connectivity index (χ0n) is 31.1. The second-order valence-electron chi connectivity index (χ2n) is 15.6. The smallest absolute Gasteiger partial charge is 0.338 e. The standard InChI is InChI=1S/C41H48O12/c1-9-27-31(52-35(45)25-16-12-10-13-17-25)33-39(7)29(21-30(50-23(3)43)41(33,49)37(47)40(27,8)48)38(5,6)28(20-22(2)42)32(51-24(4)44)34(39)53-36(46)26-18-14-11-15-19-26/h9-19,27-34,48-49H,1,20-21H2,2-8H3. The van der Waals surface area contributed by atoms with Gasteiger partial charge in [0.25, 0.3) is 0 Å². The number of ether oxygens (including phenoxy) is 4. The van der Waals surface area contributed by atoms with E-state index in [0.29, 0.717) is 0 Å². The van der Waals surface area contributed by atoms with Gasteiger partial charge in [0.15, 0.2) is 11.4 Å². The zero-order chi connectivity index (χ0) is 39.3. The number of fused-ring (bicyclic) bond motifs is 3. The van der Waals surface area contributed by atoms with Crippen LogP contribution in [0.4, 0.5) is 0 Å². The summed E-state index contributed by atoms with van der Waals surface area (Å²) >= 11 is 0. The van der Waals surface area contributed by atoms with Crippen LogP contribution in [0.1, 0.15) is 82.0 Å². The molecule has 2 N–H and O–H groups in total. The lowest BCUT2D eigenvalue weighted by atomic mass is 9.37. The SMILES string of the molecule is C=CC1C(OC(=O)c2ccccc2)C2C(O)(C(=O)C1(C)O)C(OC(C)=O)CC1C(C)(C)C(CC(C)=O)C(OC(C)=O)C(OC(=O)c3ccccc3)C12C. The number of Topliss-reactive ketones (excluding diaryl/α,β-unsaturated/α-hetero) is 2. The van der Waals surface area contributed by atoms with Gasteiger partial charge < -0.3 is 34.0 Å². The van der Waals surface area contributed by atoms with Gasteiger partial charge in [0.1, 0.15) is 35.8 Å². The fourth-order valence-electron chi connectivity index (χ4n) is 9.83. The Morgan fingerprint density at radius 1 is 0.774 bits per heavy atom. The first-order valence-corrected chi connectivity index (χ1v) is 17.7. The van der Waals surface area contributed by atoms with Gasteiger partial charge in [-0.05, 0) is 55.9 Å². The van der Waals surface area contributed by atoms with Gasteiger partial charge in [0.05, 0.1) is 17.0 Å². The highest BCUT2D eigenvalue weighted by Crippen LogP contribution is 2.69. The van der Waals surface area contributed by atoms with Gasteiger partial charge in [-0.1, -0.05) is 63.2 Å². The minimum Gasteiger partial charge on any atom is -0.459 e. The maximum absolute atomic E-state index is 14.7. The van der Waals surface area contributed by atoms with E-state index in [1.165, 1.54) is 51.1 Å². The summed E-state index contributed by atoms with van der Waals surface area (Å²) in [6.45, 7) is 14.0. The van der Waals surface area contributed by atoms with Gasteiger partial charge in [-0.15, -0.1) is 6.58 Å². The molecule has 53 heavy (non-hydrogen) atoms. The molecule has 0 spiro atoms. The summed E-state index contributed by atoms with van der Waals surface area (Å²) < 4.78 is 24.4. The molecule has 0 aromatic heterocycles. The third-order valence-corrected chi connectivity index (χ3v) is 12.0. The second-order valence-corrected chi connectivity index (χ2v) is 15.6. The topological polar surface area (TPSA) is 180 Å². The Balaban J connectivity index is 1.86. The number of hydrogen-bond acceptors (Lipinski definition) is 12. The van der Waals surface area contributed by atoms with Crippen LogP contribution in [0, 0.1) is 34.5 Å². The molecule has 0 aliphatic heterocycles. The van der Waals surface area contributed by atoms with Gasteiger partial charge in [-0.2, -0.15) is 0 Å². The van der Waals surface area contributed by atoms with Crippen molar-refractivity contribution in [2.45, 2.75) is 96.9 Å². The van der Waals surface area contributed by atoms with Crippen molar-refractivity contribution in [1.82, 2.24) is 0 Å². The molecule has 284 valence electrons. The number of hydrogen-bond donors (Lipinski definition) is 2. The Morgan fingerprint density at radius 3 is 1.75 bits per heavy atom. The van der Waals surface area contributed by atoms with Crippen LogP contribution in [0.15, 0.2) is 73.3 Å². The summed E-state index contributed by atoms with van der Waals surface area (Å²) in [6.07, 6.45) is -5.04. The van der Waals surface area contributed by atoms with Gasteiger partial charge in [0.2, 0.25) is 0 Å². The molecule has 0 bridgehead atoms. The Labute approximate surface area is 308 Å². The number of benzene rings is 2. The Kier molecular flexibility index (Phi) is 10.6. The van der Waals surface area contributed by atoms with Crippen molar-refractivity contribution in [2.24, 2.45) is 34.5 Å². The molecule has 3 fully saturated rings. The molecule has 3 aliphatic carbocycles. The van der Waals surface area contributed by atoms with E-state index in [-0.39, 0.29) is 29.8 Å². The third kappa shape index (κ3) is 6.60. The molecule has 12 nitrogen and oxygen atoms in total. The molecule has 2 aromatic carbocycles. The third-order valence-electron chi connectivity index (χ3n) is 12.0. The van der Waals surface area contributed by atoms with Crippen LogP contribution < -0.4 is 0 Å². The lowest BCUT2D eigenvalue weighted by Crippen LogP contribution is -2.82. The second kappa shape index (κ2) is 14.3. The molecule has 3 aliphatic rings. The van der Waals surface area contributed by atoms with Crippen molar-refractivity contribution in [3.63, 3.8) is 0 Å². The van der Waals surface area contributed by atoms with Gasteiger partial charge in [-0.3, -0.25) is 14.4 Å².